The van der Waals surface area contributed by atoms with Crippen molar-refractivity contribution in [1.29, 1.82) is 0 Å². The van der Waals surface area contributed by atoms with Crippen LogP contribution in [0.3, 0.4) is 0 Å². The van der Waals surface area contributed by atoms with Crippen LogP contribution in [-0.2, 0) is 23.8 Å². The van der Waals surface area contributed by atoms with Gasteiger partial charge in [-0.2, -0.15) is 0 Å². The predicted octanol–water partition coefficient (Wildman–Crippen LogP) is 0.536. The van der Waals surface area contributed by atoms with Gasteiger partial charge in [0, 0.05) is 12.2 Å². The number of esters is 2. The standard InChI is InChI=1S/C12H17NO6/c1-8(2)19-10(15)5-4-9(14)17-6-12(3)7-18-11(16)13-12/h4-5,8H,6-7H2,1-3H3,(H,13,16)/b5-4+. The van der Waals surface area contributed by atoms with Gasteiger partial charge in [0.1, 0.15) is 18.8 Å². The molecule has 1 saturated heterocycles. The number of alkyl carbamates (subject to hydrolysis) is 1. The van der Waals surface area contributed by atoms with Crippen molar-refractivity contribution in [3.05, 3.63) is 12.2 Å². The van der Waals surface area contributed by atoms with Gasteiger partial charge < -0.3 is 19.5 Å². The molecule has 7 nitrogen and oxygen atoms in total. The Balaban J connectivity index is 2.34. The molecule has 0 aromatic rings. The molecule has 0 saturated carbocycles. The monoisotopic (exact) mass is 271 g/mol. The smallest absolute Gasteiger partial charge is 0.407 e. The van der Waals surface area contributed by atoms with E-state index in [1.165, 1.54) is 0 Å². The van der Waals surface area contributed by atoms with Crippen molar-refractivity contribution in [2.75, 3.05) is 13.2 Å². The highest BCUT2D eigenvalue weighted by atomic mass is 16.6. The molecule has 1 atom stereocenters. The molecule has 1 unspecified atom stereocenters. The summed E-state index contributed by atoms with van der Waals surface area (Å²) >= 11 is 0. The van der Waals surface area contributed by atoms with Crippen LogP contribution in [0, 0.1) is 0 Å². The van der Waals surface area contributed by atoms with E-state index in [4.69, 9.17) is 14.2 Å². The molecule has 1 N–H and O–H groups in total. The fourth-order valence-electron chi connectivity index (χ4n) is 1.31. The summed E-state index contributed by atoms with van der Waals surface area (Å²) < 4.78 is 14.4. The third-order valence-corrected chi connectivity index (χ3v) is 2.17. The maximum atomic E-state index is 11.3. The average Bonchev–Trinajstić information content (AvgIpc) is 2.64. The first kappa shape index (κ1) is 15.0. The Labute approximate surface area is 110 Å². The van der Waals surface area contributed by atoms with Crippen LogP contribution in [-0.4, -0.2) is 42.9 Å². The highest BCUT2D eigenvalue weighted by Gasteiger charge is 2.36. The van der Waals surface area contributed by atoms with Crippen LogP contribution >= 0.6 is 0 Å². The van der Waals surface area contributed by atoms with E-state index in [1.807, 2.05) is 0 Å². The Morgan fingerprint density at radius 1 is 1.42 bits per heavy atom. The zero-order valence-corrected chi connectivity index (χ0v) is 11.1. The molecule has 1 fully saturated rings. The summed E-state index contributed by atoms with van der Waals surface area (Å²) in [5.74, 6) is -1.31. The maximum absolute atomic E-state index is 11.3. The molecule has 1 amide bonds. The zero-order valence-electron chi connectivity index (χ0n) is 11.1. The van der Waals surface area contributed by atoms with Crippen molar-refractivity contribution in [3.63, 3.8) is 0 Å². The quantitative estimate of drug-likeness (QED) is 0.446. The van der Waals surface area contributed by atoms with E-state index in [1.54, 1.807) is 20.8 Å². The average molecular weight is 271 g/mol. The number of cyclic esters (lactones) is 1. The lowest BCUT2D eigenvalue weighted by atomic mass is 10.1. The second-order valence-electron chi connectivity index (χ2n) is 4.69. The zero-order chi connectivity index (χ0) is 14.5. The van der Waals surface area contributed by atoms with E-state index in [0.29, 0.717) is 0 Å². The molecule has 1 aliphatic rings. The molecule has 0 radical (unpaired) electrons. The number of hydrogen-bond acceptors (Lipinski definition) is 6. The van der Waals surface area contributed by atoms with Crippen LogP contribution in [0.15, 0.2) is 12.2 Å². The molecule has 0 aromatic heterocycles. The second-order valence-corrected chi connectivity index (χ2v) is 4.69. The minimum absolute atomic E-state index is 0.0405. The Bertz CT molecular complexity index is 403. The number of hydrogen-bond donors (Lipinski definition) is 1. The van der Waals surface area contributed by atoms with Gasteiger partial charge in [-0.25, -0.2) is 14.4 Å². The summed E-state index contributed by atoms with van der Waals surface area (Å²) in [6.07, 6.45) is 1.17. The fourth-order valence-corrected chi connectivity index (χ4v) is 1.31. The van der Waals surface area contributed by atoms with E-state index in [2.05, 4.69) is 5.32 Å². The molecule has 0 bridgehead atoms. The molecular weight excluding hydrogens is 254 g/mol. The largest absolute Gasteiger partial charge is 0.460 e. The van der Waals surface area contributed by atoms with Gasteiger partial charge in [0.2, 0.25) is 0 Å². The molecule has 1 heterocycles. The number of carbonyl (C=O) groups excluding carboxylic acids is 3. The number of ether oxygens (including phenoxy) is 3. The molecule has 7 heteroatoms. The van der Waals surface area contributed by atoms with Crippen LogP contribution in [0.4, 0.5) is 4.79 Å². The molecule has 19 heavy (non-hydrogen) atoms. The highest BCUT2D eigenvalue weighted by Crippen LogP contribution is 2.12. The van der Waals surface area contributed by atoms with Crippen molar-refractivity contribution in [2.45, 2.75) is 32.4 Å². The van der Waals surface area contributed by atoms with Gasteiger partial charge in [0.05, 0.1) is 6.10 Å². The molecule has 0 aliphatic carbocycles. The molecule has 1 aliphatic heterocycles. The van der Waals surface area contributed by atoms with Crippen molar-refractivity contribution < 1.29 is 28.6 Å². The first-order valence-electron chi connectivity index (χ1n) is 5.81. The van der Waals surface area contributed by atoms with Gasteiger partial charge >= 0.3 is 18.0 Å². The number of amides is 1. The van der Waals surface area contributed by atoms with E-state index < -0.39 is 23.6 Å². The molecule has 106 valence electrons. The van der Waals surface area contributed by atoms with Crippen molar-refractivity contribution >= 4 is 18.0 Å². The third-order valence-electron chi connectivity index (χ3n) is 2.17. The second kappa shape index (κ2) is 6.21. The normalized spacial score (nSPS) is 22.2. The molecular formula is C12H17NO6. The third kappa shape index (κ3) is 5.41. The van der Waals surface area contributed by atoms with E-state index in [0.717, 1.165) is 12.2 Å². The van der Waals surface area contributed by atoms with Crippen LogP contribution < -0.4 is 5.32 Å². The topological polar surface area (TPSA) is 90.9 Å². The van der Waals surface area contributed by atoms with Crippen LogP contribution in [0.1, 0.15) is 20.8 Å². The first-order valence-corrected chi connectivity index (χ1v) is 5.81. The van der Waals surface area contributed by atoms with Crippen LogP contribution in [0.5, 0.6) is 0 Å². The lowest BCUT2D eigenvalue weighted by molar-refractivity contribution is -0.143. The van der Waals surface area contributed by atoms with E-state index in [-0.39, 0.29) is 19.3 Å². The van der Waals surface area contributed by atoms with Gasteiger partial charge in [-0.3, -0.25) is 0 Å². The van der Waals surface area contributed by atoms with Gasteiger partial charge in [-0.05, 0) is 20.8 Å². The highest BCUT2D eigenvalue weighted by molar-refractivity contribution is 5.91. The predicted molar refractivity (Wildman–Crippen MR) is 64.2 cm³/mol. The number of carbonyl (C=O) groups is 3. The summed E-state index contributed by atoms with van der Waals surface area (Å²) in [5.41, 5.74) is -0.737. The van der Waals surface area contributed by atoms with Crippen LogP contribution in [0.2, 0.25) is 0 Å². The summed E-state index contributed by atoms with van der Waals surface area (Å²) in [7, 11) is 0. The summed E-state index contributed by atoms with van der Waals surface area (Å²) in [4.78, 5) is 33.3. The Morgan fingerprint density at radius 3 is 2.58 bits per heavy atom. The number of rotatable bonds is 5. The van der Waals surface area contributed by atoms with Crippen LogP contribution in [0.25, 0.3) is 0 Å². The minimum Gasteiger partial charge on any atom is -0.460 e. The lowest BCUT2D eigenvalue weighted by Crippen LogP contribution is -2.45. The summed E-state index contributed by atoms with van der Waals surface area (Å²) in [6, 6.07) is 0. The van der Waals surface area contributed by atoms with E-state index >= 15 is 0 Å². The van der Waals surface area contributed by atoms with Crippen molar-refractivity contribution in [2.24, 2.45) is 0 Å². The van der Waals surface area contributed by atoms with Crippen molar-refractivity contribution in [3.8, 4) is 0 Å². The summed E-state index contributed by atoms with van der Waals surface area (Å²) in [5, 5.41) is 2.52. The van der Waals surface area contributed by atoms with Gasteiger partial charge in [-0.1, -0.05) is 0 Å². The van der Waals surface area contributed by atoms with Gasteiger partial charge in [0.25, 0.3) is 0 Å². The SMILES string of the molecule is CC(C)OC(=O)/C=C/C(=O)OCC1(C)COC(=O)N1. The minimum atomic E-state index is -0.737. The Morgan fingerprint density at radius 2 is 2.05 bits per heavy atom. The first-order chi connectivity index (χ1) is 8.81. The molecule has 0 aromatic carbocycles. The fraction of sp³-hybridized carbons (Fsp3) is 0.583. The Kier molecular flexibility index (Phi) is 4.91. The lowest BCUT2D eigenvalue weighted by Gasteiger charge is -2.19. The van der Waals surface area contributed by atoms with Gasteiger partial charge in [-0.15, -0.1) is 0 Å². The maximum Gasteiger partial charge on any atom is 0.407 e. The van der Waals surface area contributed by atoms with Gasteiger partial charge in [0.15, 0.2) is 0 Å². The van der Waals surface area contributed by atoms with E-state index in [9.17, 15) is 14.4 Å². The number of nitrogens with one attached hydrogen (secondary N) is 1. The summed E-state index contributed by atoms with van der Waals surface area (Å²) in [6.45, 7) is 5.17. The van der Waals surface area contributed by atoms with Crippen molar-refractivity contribution in [1.82, 2.24) is 5.32 Å². The molecule has 1 rings (SSSR count). The Hall–Kier alpha value is -2.05. The molecule has 0 spiro atoms.